The fraction of sp³-hybridized carbons (Fsp3) is 0.375. The maximum Gasteiger partial charge on any atom is 0.251 e. The summed E-state index contributed by atoms with van der Waals surface area (Å²) in [6.07, 6.45) is 5.03. The molecule has 202 valence electrons. The van der Waals surface area contributed by atoms with Crippen LogP contribution in [0.15, 0.2) is 66.7 Å². The summed E-state index contributed by atoms with van der Waals surface area (Å²) in [5, 5.41) is 12.4. The number of carbonyl (C=O) groups excluding carboxylic acids is 1. The first-order chi connectivity index (χ1) is 18.9. The van der Waals surface area contributed by atoms with Crippen molar-refractivity contribution in [2.24, 2.45) is 5.92 Å². The zero-order valence-electron chi connectivity index (χ0n) is 22.7. The predicted molar refractivity (Wildman–Crippen MR) is 156 cm³/mol. The Bertz CT molecular complexity index is 1470. The van der Waals surface area contributed by atoms with Crippen LogP contribution in [0.3, 0.4) is 0 Å². The Kier molecular flexibility index (Phi) is 7.08. The van der Waals surface area contributed by atoms with E-state index in [0.717, 1.165) is 46.3 Å². The molecule has 2 aliphatic rings. The summed E-state index contributed by atoms with van der Waals surface area (Å²) in [5.41, 5.74) is 4.18. The monoisotopic (exact) mass is 542 g/mol. The molecular weight excluding hydrogens is 508 g/mol. The van der Waals surface area contributed by atoms with E-state index in [0.29, 0.717) is 22.7 Å². The lowest BCUT2D eigenvalue weighted by atomic mass is 9.95. The molecule has 0 aliphatic carbocycles. The van der Waals surface area contributed by atoms with Crippen LogP contribution < -0.4 is 10.1 Å². The minimum atomic E-state index is -0.196. The molecule has 2 bridgehead atoms. The Morgan fingerprint density at radius 1 is 1.05 bits per heavy atom. The molecule has 0 spiro atoms. The minimum Gasteiger partial charge on any atom is -0.490 e. The van der Waals surface area contributed by atoms with Gasteiger partial charge in [-0.25, -0.2) is 0 Å². The molecule has 4 aromatic rings. The molecule has 39 heavy (non-hydrogen) atoms. The van der Waals surface area contributed by atoms with E-state index in [2.05, 4.69) is 41.3 Å². The van der Waals surface area contributed by atoms with E-state index < -0.39 is 0 Å². The Labute approximate surface area is 234 Å². The third kappa shape index (κ3) is 5.15. The molecule has 2 saturated heterocycles. The van der Waals surface area contributed by atoms with Crippen molar-refractivity contribution < 1.29 is 9.53 Å². The van der Waals surface area contributed by atoms with Crippen LogP contribution in [0, 0.1) is 5.92 Å². The van der Waals surface area contributed by atoms with Crippen molar-refractivity contribution in [2.45, 2.75) is 63.8 Å². The topological polar surface area (TPSA) is 70.2 Å². The summed E-state index contributed by atoms with van der Waals surface area (Å²) in [6.45, 7) is 4.16. The molecule has 6 rings (SSSR count). The second kappa shape index (κ2) is 10.7. The van der Waals surface area contributed by atoms with Crippen molar-refractivity contribution in [2.75, 3.05) is 7.05 Å². The van der Waals surface area contributed by atoms with E-state index in [1.165, 1.54) is 12.8 Å². The summed E-state index contributed by atoms with van der Waals surface area (Å²) < 4.78 is 6.38. The van der Waals surface area contributed by atoms with Crippen molar-refractivity contribution in [3.63, 3.8) is 0 Å². The molecule has 2 N–H and O–H groups in total. The van der Waals surface area contributed by atoms with Crippen molar-refractivity contribution in [1.82, 2.24) is 20.4 Å². The molecule has 1 aromatic heterocycles. The molecule has 0 radical (unpaired) electrons. The fourth-order valence-electron chi connectivity index (χ4n) is 6.27. The number of amides is 1. The summed E-state index contributed by atoms with van der Waals surface area (Å²) in [4.78, 5) is 15.9. The number of nitrogens with one attached hydrogen (secondary N) is 2. The Morgan fingerprint density at radius 2 is 1.77 bits per heavy atom. The Morgan fingerprint density at radius 3 is 2.46 bits per heavy atom. The van der Waals surface area contributed by atoms with Gasteiger partial charge in [0.2, 0.25) is 0 Å². The van der Waals surface area contributed by atoms with Crippen LogP contribution in [0.1, 0.15) is 61.5 Å². The first kappa shape index (κ1) is 25.9. The summed E-state index contributed by atoms with van der Waals surface area (Å²) >= 11 is 6.46. The van der Waals surface area contributed by atoms with Gasteiger partial charge in [0.15, 0.2) is 0 Å². The molecule has 0 saturated carbocycles. The number of ether oxygens (including phenoxy) is 1. The number of aromatic nitrogens is 2. The summed E-state index contributed by atoms with van der Waals surface area (Å²) in [6, 6.07) is 22.6. The van der Waals surface area contributed by atoms with Crippen LogP contribution in [0.5, 0.6) is 5.75 Å². The van der Waals surface area contributed by atoms with Gasteiger partial charge in [0.25, 0.3) is 5.91 Å². The Balaban J connectivity index is 1.20. The third-order valence-electron chi connectivity index (χ3n) is 8.50. The summed E-state index contributed by atoms with van der Waals surface area (Å²) in [7, 11) is 2.25. The van der Waals surface area contributed by atoms with E-state index in [1.807, 2.05) is 66.7 Å². The van der Waals surface area contributed by atoms with Gasteiger partial charge in [-0.1, -0.05) is 43.6 Å². The number of halogens is 1. The number of hydrogen-bond donors (Lipinski definition) is 2. The van der Waals surface area contributed by atoms with Crippen LogP contribution in [0.25, 0.3) is 22.2 Å². The predicted octanol–water partition coefficient (Wildman–Crippen LogP) is 7.01. The van der Waals surface area contributed by atoms with Crippen molar-refractivity contribution >= 4 is 28.4 Å². The fourth-order valence-corrected chi connectivity index (χ4v) is 6.53. The second-order valence-electron chi connectivity index (χ2n) is 11.3. The van der Waals surface area contributed by atoms with E-state index in [9.17, 15) is 4.79 Å². The van der Waals surface area contributed by atoms with Crippen LogP contribution >= 0.6 is 11.6 Å². The van der Waals surface area contributed by atoms with Crippen LogP contribution in [-0.4, -0.2) is 46.2 Å². The smallest absolute Gasteiger partial charge is 0.251 e. The number of benzene rings is 3. The number of hydrogen-bond acceptors (Lipinski definition) is 4. The van der Waals surface area contributed by atoms with E-state index in [4.69, 9.17) is 16.3 Å². The number of nitrogens with zero attached hydrogens (tertiary/aromatic N) is 2. The highest BCUT2D eigenvalue weighted by Gasteiger charge is 2.39. The molecular formula is C32H35ClN4O2. The lowest BCUT2D eigenvalue weighted by molar-refractivity contribution is 0.0662. The molecule has 2 fully saturated rings. The van der Waals surface area contributed by atoms with Gasteiger partial charge in [-0.3, -0.25) is 9.89 Å². The first-order valence-electron chi connectivity index (χ1n) is 13.9. The van der Waals surface area contributed by atoms with Gasteiger partial charge >= 0.3 is 0 Å². The van der Waals surface area contributed by atoms with E-state index in [-0.39, 0.29) is 24.0 Å². The molecule has 6 nitrogen and oxygen atoms in total. The highest BCUT2D eigenvalue weighted by Crippen LogP contribution is 2.36. The van der Waals surface area contributed by atoms with Gasteiger partial charge in [0.1, 0.15) is 11.9 Å². The lowest BCUT2D eigenvalue weighted by Crippen LogP contribution is -2.43. The third-order valence-corrected chi connectivity index (χ3v) is 8.85. The standard InChI is InChI=1S/C32H35ClN4O2/c1-19(2)30(26-6-4-5-7-28(26)33)34-32(38)21-10-15-29-27(16-21)31(36-35-29)20-8-13-24(14-9-20)39-25-17-22-11-12-23(18-25)37(22)3/h4-10,13-16,19,22-23,25,30H,11-12,17-18H2,1-3H3,(H,34,38)(H,35,36)/t22-,23+,25+,30-/m0/s1. The summed E-state index contributed by atoms with van der Waals surface area (Å²) in [5.74, 6) is 0.929. The SMILES string of the molecule is CC(C)[C@H](NC(=O)c1ccc2[nH]nc(-c3ccc(O[C@H]4C[C@H]5CC[C@@H](C4)N5C)cc3)c2c1)c1ccccc1Cl. The average molecular weight is 543 g/mol. The maximum absolute atomic E-state index is 13.4. The first-order valence-corrected chi connectivity index (χ1v) is 14.3. The highest BCUT2D eigenvalue weighted by molar-refractivity contribution is 6.31. The number of piperidine rings is 1. The van der Waals surface area contributed by atoms with Gasteiger partial charge in [0, 0.05) is 33.6 Å². The Hall–Kier alpha value is -3.35. The molecule has 7 heteroatoms. The molecule has 3 aromatic carbocycles. The van der Waals surface area contributed by atoms with Gasteiger partial charge in [-0.15, -0.1) is 0 Å². The van der Waals surface area contributed by atoms with Crippen LogP contribution in [0.4, 0.5) is 0 Å². The van der Waals surface area contributed by atoms with Crippen LogP contribution in [0.2, 0.25) is 5.02 Å². The minimum absolute atomic E-state index is 0.140. The largest absolute Gasteiger partial charge is 0.490 e. The van der Waals surface area contributed by atoms with Gasteiger partial charge < -0.3 is 15.0 Å². The number of fused-ring (bicyclic) bond motifs is 3. The van der Waals surface area contributed by atoms with E-state index in [1.54, 1.807) is 0 Å². The van der Waals surface area contributed by atoms with Crippen molar-refractivity contribution in [3.05, 3.63) is 82.9 Å². The number of rotatable bonds is 7. The molecule has 3 heterocycles. The molecule has 1 amide bonds. The number of H-pyrrole nitrogens is 1. The average Bonchev–Trinajstić information content (AvgIpc) is 3.43. The molecule has 0 unspecified atom stereocenters. The van der Waals surface area contributed by atoms with Crippen molar-refractivity contribution in [1.29, 1.82) is 0 Å². The van der Waals surface area contributed by atoms with Gasteiger partial charge in [-0.05, 0) is 92.7 Å². The van der Waals surface area contributed by atoms with Gasteiger partial charge in [-0.2, -0.15) is 5.10 Å². The number of aromatic amines is 1. The zero-order valence-corrected chi connectivity index (χ0v) is 23.4. The zero-order chi connectivity index (χ0) is 27.1. The molecule has 4 atom stereocenters. The lowest BCUT2D eigenvalue weighted by Gasteiger charge is -2.36. The molecule has 2 aliphatic heterocycles. The number of carbonyl (C=O) groups is 1. The quantitative estimate of drug-likeness (QED) is 0.263. The normalized spacial score (nSPS) is 21.8. The second-order valence-corrected chi connectivity index (χ2v) is 11.7. The van der Waals surface area contributed by atoms with E-state index >= 15 is 0 Å². The van der Waals surface area contributed by atoms with Crippen molar-refractivity contribution in [3.8, 4) is 17.0 Å². The highest BCUT2D eigenvalue weighted by atomic mass is 35.5. The maximum atomic E-state index is 13.4. The van der Waals surface area contributed by atoms with Gasteiger partial charge in [0.05, 0.1) is 17.3 Å². The van der Waals surface area contributed by atoms with Crippen LogP contribution in [-0.2, 0) is 0 Å².